The summed E-state index contributed by atoms with van der Waals surface area (Å²) in [6.45, 7) is 2.86. The van der Waals surface area contributed by atoms with Crippen LogP contribution < -0.4 is 5.32 Å². The van der Waals surface area contributed by atoms with E-state index in [9.17, 15) is 32.2 Å². The third-order valence-electron chi connectivity index (χ3n) is 5.78. The number of aryl methyl sites for hydroxylation is 1. The molecule has 3 atom stereocenters. The number of halogens is 6. The maximum atomic E-state index is 14.3. The number of phenolic OH excluding ortho intramolecular Hbond substituents is 1. The van der Waals surface area contributed by atoms with E-state index < -0.39 is 52.6 Å². The Morgan fingerprint density at radius 1 is 1.25 bits per heavy atom. The van der Waals surface area contributed by atoms with Crippen LogP contribution in [0, 0.1) is 18.6 Å². The van der Waals surface area contributed by atoms with Gasteiger partial charge < -0.3 is 15.5 Å². The monoisotopic (exact) mass is 473 g/mol. The fraction of sp³-hybridized carbons (Fsp3) is 0.333. The van der Waals surface area contributed by atoms with Crippen LogP contribution in [0.25, 0.3) is 10.9 Å². The van der Waals surface area contributed by atoms with Crippen molar-refractivity contribution in [2.75, 3.05) is 5.32 Å². The molecule has 2 aromatic carbocycles. The number of phenols is 1. The molecule has 0 fully saturated rings. The van der Waals surface area contributed by atoms with Gasteiger partial charge in [-0.05, 0) is 43.0 Å². The average molecular weight is 474 g/mol. The second-order valence-electron chi connectivity index (χ2n) is 7.90. The largest absolute Gasteiger partial charge is 0.505 e. The molecule has 1 aromatic heterocycles. The van der Waals surface area contributed by atoms with Crippen molar-refractivity contribution in [2.24, 2.45) is 0 Å². The molecular weight excluding hydrogens is 457 g/mol. The van der Waals surface area contributed by atoms with E-state index in [2.05, 4.69) is 15.3 Å². The molecule has 5 nitrogen and oxygen atoms in total. The van der Waals surface area contributed by atoms with Crippen molar-refractivity contribution in [3.63, 3.8) is 0 Å². The molecule has 32 heavy (non-hydrogen) atoms. The molecule has 0 radical (unpaired) electrons. The summed E-state index contributed by atoms with van der Waals surface area (Å²) in [5.41, 5.74) is -3.74. The number of aromatic hydroxyl groups is 1. The normalized spacial score (nSPS) is 23.3. The molecule has 3 N–H and O–H groups in total. The summed E-state index contributed by atoms with van der Waals surface area (Å²) in [7, 11) is 0. The van der Waals surface area contributed by atoms with Crippen molar-refractivity contribution >= 4 is 28.2 Å². The Labute approximate surface area is 183 Å². The summed E-state index contributed by atoms with van der Waals surface area (Å²) in [6, 6.07) is 1.26. The van der Waals surface area contributed by atoms with Crippen LogP contribution >= 0.6 is 11.6 Å². The number of alkyl halides is 3. The number of rotatable bonds is 2. The van der Waals surface area contributed by atoms with Crippen LogP contribution in [0.3, 0.4) is 0 Å². The Hall–Kier alpha value is -2.72. The fourth-order valence-electron chi connectivity index (χ4n) is 4.28. The standard InChI is InChI=1S/C21H17ClF5N3O2/c1-8-6-20(32,21(25,26)27)19(10-5-12(22)16(24)18(31)15(8)10)30-14-4-3-13(23)17-11(14)7-28-9(2)29-17/h3-5,7-8,19,30-32H,6H2,1-2H3. The first-order chi connectivity index (χ1) is 14.8. The summed E-state index contributed by atoms with van der Waals surface area (Å²) < 4.78 is 70.8. The number of hydrogen-bond donors (Lipinski definition) is 3. The third kappa shape index (κ3) is 3.32. The van der Waals surface area contributed by atoms with Gasteiger partial charge in [-0.2, -0.15) is 13.2 Å². The van der Waals surface area contributed by atoms with Gasteiger partial charge in [0.1, 0.15) is 17.2 Å². The van der Waals surface area contributed by atoms with E-state index in [1.165, 1.54) is 26.1 Å². The van der Waals surface area contributed by atoms with Gasteiger partial charge in [0.05, 0.1) is 11.1 Å². The van der Waals surface area contributed by atoms with E-state index in [4.69, 9.17) is 11.6 Å². The number of benzene rings is 2. The Kier molecular flexibility index (Phi) is 5.21. The van der Waals surface area contributed by atoms with E-state index >= 15 is 0 Å². The quantitative estimate of drug-likeness (QED) is 0.427. The second kappa shape index (κ2) is 7.41. The lowest BCUT2D eigenvalue weighted by Crippen LogP contribution is -2.55. The van der Waals surface area contributed by atoms with Gasteiger partial charge in [-0.3, -0.25) is 0 Å². The zero-order chi connectivity index (χ0) is 23.6. The lowest BCUT2D eigenvalue weighted by atomic mass is 9.70. The number of nitrogens with zero attached hydrogens (tertiary/aromatic N) is 2. The van der Waals surface area contributed by atoms with Gasteiger partial charge >= 0.3 is 6.18 Å². The van der Waals surface area contributed by atoms with Gasteiger partial charge in [-0.25, -0.2) is 18.7 Å². The van der Waals surface area contributed by atoms with Crippen LogP contribution in [-0.4, -0.2) is 32.0 Å². The van der Waals surface area contributed by atoms with Gasteiger partial charge in [0.2, 0.25) is 0 Å². The number of anilines is 1. The lowest BCUT2D eigenvalue weighted by Gasteiger charge is -2.45. The summed E-state index contributed by atoms with van der Waals surface area (Å²) in [5.74, 6) is -3.53. The van der Waals surface area contributed by atoms with E-state index in [1.54, 1.807) is 0 Å². The highest BCUT2D eigenvalue weighted by Gasteiger charge is 2.62. The molecular formula is C21H17ClF5N3O2. The van der Waals surface area contributed by atoms with E-state index in [0.29, 0.717) is 0 Å². The van der Waals surface area contributed by atoms with Gasteiger partial charge in [-0.1, -0.05) is 18.5 Å². The Balaban J connectivity index is 1.96. The summed E-state index contributed by atoms with van der Waals surface area (Å²) in [5, 5.41) is 23.2. The first-order valence-electron chi connectivity index (χ1n) is 9.53. The predicted octanol–water partition coefficient (Wildman–Crippen LogP) is 5.53. The average Bonchev–Trinajstić information content (AvgIpc) is 2.69. The first-order valence-corrected chi connectivity index (χ1v) is 9.91. The highest BCUT2D eigenvalue weighted by molar-refractivity contribution is 6.31. The number of hydrogen-bond acceptors (Lipinski definition) is 5. The highest BCUT2D eigenvalue weighted by atomic mass is 35.5. The van der Waals surface area contributed by atoms with Gasteiger partial charge in [0.25, 0.3) is 0 Å². The minimum atomic E-state index is -5.10. The van der Waals surface area contributed by atoms with Crippen molar-refractivity contribution in [3.05, 3.63) is 58.0 Å². The van der Waals surface area contributed by atoms with Crippen LogP contribution in [0.5, 0.6) is 5.75 Å². The molecule has 0 saturated heterocycles. The topological polar surface area (TPSA) is 78.3 Å². The molecule has 1 heterocycles. The van der Waals surface area contributed by atoms with Crippen LogP contribution in [0.2, 0.25) is 5.02 Å². The SMILES string of the molecule is Cc1ncc2c(NC3c4cc(Cl)c(F)c(O)c4C(C)CC3(O)C(F)(F)F)ccc(F)c2n1. The zero-order valence-corrected chi connectivity index (χ0v) is 17.5. The molecule has 170 valence electrons. The smallest absolute Gasteiger partial charge is 0.419 e. The lowest BCUT2D eigenvalue weighted by molar-refractivity contribution is -0.272. The Bertz CT molecular complexity index is 1240. The van der Waals surface area contributed by atoms with Gasteiger partial charge in [0.15, 0.2) is 17.2 Å². The number of fused-ring (bicyclic) bond motifs is 2. The number of aromatic nitrogens is 2. The maximum absolute atomic E-state index is 14.3. The molecule has 0 aliphatic heterocycles. The fourth-order valence-corrected chi connectivity index (χ4v) is 4.49. The Morgan fingerprint density at radius 2 is 1.94 bits per heavy atom. The molecule has 0 saturated carbocycles. The van der Waals surface area contributed by atoms with Crippen LogP contribution in [0.4, 0.5) is 27.6 Å². The van der Waals surface area contributed by atoms with Crippen molar-refractivity contribution in [1.82, 2.24) is 9.97 Å². The Morgan fingerprint density at radius 3 is 2.59 bits per heavy atom. The molecule has 11 heteroatoms. The number of aliphatic hydroxyl groups is 1. The molecule has 3 aromatic rings. The van der Waals surface area contributed by atoms with E-state index in [-0.39, 0.29) is 33.5 Å². The second-order valence-corrected chi connectivity index (χ2v) is 8.31. The molecule has 0 bridgehead atoms. The molecule has 0 spiro atoms. The molecule has 1 aliphatic carbocycles. The van der Waals surface area contributed by atoms with Crippen LogP contribution in [-0.2, 0) is 0 Å². The maximum Gasteiger partial charge on any atom is 0.419 e. The summed E-state index contributed by atoms with van der Waals surface area (Å²) in [6.07, 6.45) is -4.71. The van der Waals surface area contributed by atoms with E-state index in [0.717, 1.165) is 12.1 Å². The summed E-state index contributed by atoms with van der Waals surface area (Å²) in [4.78, 5) is 7.96. The van der Waals surface area contributed by atoms with E-state index in [1.807, 2.05) is 0 Å². The summed E-state index contributed by atoms with van der Waals surface area (Å²) >= 11 is 5.81. The van der Waals surface area contributed by atoms with Crippen molar-refractivity contribution < 1.29 is 32.2 Å². The van der Waals surface area contributed by atoms with Crippen molar-refractivity contribution in [3.8, 4) is 5.75 Å². The molecule has 4 rings (SSSR count). The minimum absolute atomic E-state index is 0.00881. The van der Waals surface area contributed by atoms with Crippen LogP contribution in [0.15, 0.2) is 24.4 Å². The molecule has 1 aliphatic rings. The molecule has 0 amide bonds. The van der Waals surface area contributed by atoms with Gasteiger partial charge in [0, 0.05) is 22.8 Å². The zero-order valence-electron chi connectivity index (χ0n) is 16.7. The number of nitrogens with one attached hydrogen (secondary N) is 1. The predicted molar refractivity (Wildman–Crippen MR) is 108 cm³/mol. The van der Waals surface area contributed by atoms with Crippen molar-refractivity contribution in [2.45, 2.75) is 44.0 Å². The van der Waals surface area contributed by atoms with Crippen molar-refractivity contribution in [1.29, 1.82) is 0 Å². The first kappa shape index (κ1) is 22.5. The van der Waals surface area contributed by atoms with Gasteiger partial charge in [-0.15, -0.1) is 0 Å². The van der Waals surface area contributed by atoms with Crippen LogP contribution in [0.1, 0.15) is 42.3 Å². The minimum Gasteiger partial charge on any atom is -0.505 e. The molecule has 3 unspecified atom stereocenters. The third-order valence-corrected chi connectivity index (χ3v) is 6.05. The highest BCUT2D eigenvalue weighted by Crippen LogP contribution is 2.55.